The van der Waals surface area contributed by atoms with Crippen molar-refractivity contribution in [1.29, 1.82) is 0 Å². The summed E-state index contributed by atoms with van der Waals surface area (Å²) in [5.41, 5.74) is 1.51. The standard InChI is InChI=1S/C21H27N3O5S3/c1-29-21(26)19-15-6-3-2-4-7-16(15)31-20(19)22-17(25)14-23-9-11-24(12-10-23)32(27,28)18-8-5-13-30-18/h5,8,13H,2-4,6-7,9-12,14H2,1H3,(H,22,25). The van der Waals surface area contributed by atoms with Crippen LogP contribution in [0, 0.1) is 0 Å². The number of sulfonamides is 1. The van der Waals surface area contributed by atoms with Gasteiger partial charge in [-0.2, -0.15) is 4.31 Å². The maximum atomic E-state index is 12.8. The van der Waals surface area contributed by atoms with E-state index in [4.69, 9.17) is 4.74 Å². The molecule has 174 valence electrons. The molecule has 1 amide bonds. The van der Waals surface area contributed by atoms with E-state index in [-0.39, 0.29) is 12.5 Å². The van der Waals surface area contributed by atoms with E-state index in [1.165, 1.54) is 34.1 Å². The lowest BCUT2D eigenvalue weighted by Crippen LogP contribution is -2.50. The second-order valence-electron chi connectivity index (χ2n) is 7.92. The van der Waals surface area contributed by atoms with Crippen molar-refractivity contribution in [2.24, 2.45) is 0 Å². The normalized spacial score (nSPS) is 18.0. The summed E-state index contributed by atoms with van der Waals surface area (Å²) in [6, 6.07) is 3.34. The molecule has 32 heavy (non-hydrogen) atoms. The minimum Gasteiger partial charge on any atom is -0.465 e. The second-order valence-corrected chi connectivity index (χ2v) is 12.1. The number of hydrogen-bond donors (Lipinski definition) is 1. The number of methoxy groups -OCH3 is 1. The maximum absolute atomic E-state index is 12.8. The predicted octanol–water partition coefficient (Wildman–Crippen LogP) is 2.81. The average Bonchev–Trinajstić information content (AvgIpc) is 3.37. The maximum Gasteiger partial charge on any atom is 0.341 e. The number of amides is 1. The molecule has 2 aliphatic rings. The molecule has 1 N–H and O–H groups in total. The fourth-order valence-electron chi connectivity index (χ4n) is 4.18. The van der Waals surface area contributed by atoms with E-state index in [0.29, 0.717) is 41.0 Å². The van der Waals surface area contributed by atoms with Crippen molar-refractivity contribution in [2.45, 2.75) is 36.3 Å². The van der Waals surface area contributed by atoms with Crippen molar-refractivity contribution in [1.82, 2.24) is 9.21 Å². The second kappa shape index (κ2) is 10.0. The van der Waals surface area contributed by atoms with Gasteiger partial charge in [-0.1, -0.05) is 12.5 Å². The van der Waals surface area contributed by atoms with Crippen molar-refractivity contribution in [3.8, 4) is 0 Å². The zero-order valence-electron chi connectivity index (χ0n) is 18.0. The molecule has 8 nitrogen and oxygen atoms in total. The topological polar surface area (TPSA) is 96.0 Å². The number of esters is 1. The van der Waals surface area contributed by atoms with Crippen LogP contribution in [0.5, 0.6) is 0 Å². The van der Waals surface area contributed by atoms with Crippen LogP contribution in [0.1, 0.15) is 40.1 Å². The third-order valence-electron chi connectivity index (χ3n) is 5.85. The summed E-state index contributed by atoms with van der Waals surface area (Å²) in [4.78, 5) is 28.3. The molecule has 0 atom stereocenters. The molecule has 0 saturated carbocycles. The van der Waals surface area contributed by atoms with Gasteiger partial charge in [0.05, 0.1) is 19.2 Å². The van der Waals surface area contributed by atoms with Crippen LogP contribution in [0.3, 0.4) is 0 Å². The summed E-state index contributed by atoms with van der Waals surface area (Å²) in [5.74, 6) is -0.617. The highest BCUT2D eigenvalue weighted by Gasteiger charge is 2.30. The van der Waals surface area contributed by atoms with Crippen LogP contribution in [0.25, 0.3) is 0 Å². The van der Waals surface area contributed by atoms with Gasteiger partial charge in [0.15, 0.2) is 0 Å². The highest BCUT2D eigenvalue weighted by molar-refractivity contribution is 7.91. The van der Waals surface area contributed by atoms with Gasteiger partial charge in [-0.05, 0) is 42.7 Å². The fourth-order valence-corrected chi connectivity index (χ4v) is 8.04. The van der Waals surface area contributed by atoms with Crippen molar-refractivity contribution in [2.75, 3.05) is 45.2 Å². The first-order valence-corrected chi connectivity index (χ1v) is 13.8. The highest BCUT2D eigenvalue weighted by Crippen LogP contribution is 2.38. The lowest BCUT2D eigenvalue weighted by atomic mass is 10.1. The van der Waals surface area contributed by atoms with Gasteiger partial charge >= 0.3 is 5.97 Å². The number of aryl methyl sites for hydroxylation is 1. The minimum atomic E-state index is -3.47. The van der Waals surface area contributed by atoms with Crippen LogP contribution >= 0.6 is 22.7 Å². The molecule has 0 unspecified atom stereocenters. The Balaban J connectivity index is 1.38. The number of piperazine rings is 1. The molecule has 3 heterocycles. The Kier molecular flexibility index (Phi) is 7.30. The molecular weight excluding hydrogens is 470 g/mol. The molecule has 0 spiro atoms. The number of nitrogens with one attached hydrogen (secondary N) is 1. The molecule has 2 aromatic rings. The Bertz CT molecular complexity index is 1070. The summed E-state index contributed by atoms with van der Waals surface area (Å²) in [7, 11) is -2.11. The SMILES string of the molecule is COC(=O)c1c(NC(=O)CN2CCN(S(=O)(=O)c3cccs3)CC2)sc2c1CCCCC2. The minimum absolute atomic E-state index is 0.149. The van der Waals surface area contributed by atoms with E-state index < -0.39 is 16.0 Å². The first-order chi connectivity index (χ1) is 15.4. The number of anilines is 1. The molecule has 1 fully saturated rings. The van der Waals surface area contributed by atoms with Gasteiger partial charge in [0.1, 0.15) is 9.21 Å². The van der Waals surface area contributed by atoms with E-state index >= 15 is 0 Å². The number of rotatable bonds is 6. The predicted molar refractivity (Wildman–Crippen MR) is 125 cm³/mol. The van der Waals surface area contributed by atoms with Gasteiger partial charge in [0, 0.05) is 31.1 Å². The first-order valence-electron chi connectivity index (χ1n) is 10.7. The van der Waals surface area contributed by atoms with Gasteiger partial charge in [0.2, 0.25) is 5.91 Å². The van der Waals surface area contributed by atoms with Crippen LogP contribution < -0.4 is 5.32 Å². The smallest absolute Gasteiger partial charge is 0.341 e. The monoisotopic (exact) mass is 497 g/mol. The number of fused-ring (bicyclic) bond motifs is 1. The van der Waals surface area contributed by atoms with Crippen molar-refractivity contribution < 1.29 is 22.7 Å². The van der Waals surface area contributed by atoms with Crippen LogP contribution in [0.15, 0.2) is 21.7 Å². The number of ether oxygens (including phenoxy) is 1. The lowest BCUT2D eigenvalue weighted by molar-refractivity contribution is -0.117. The molecule has 11 heteroatoms. The third-order valence-corrected chi connectivity index (χ3v) is 10.3. The molecular formula is C21H27N3O5S3. The Labute approximate surface area is 196 Å². The Hall–Kier alpha value is -1.79. The zero-order chi connectivity index (χ0) is 22.7. The fraction of sp³-hybridized carbons (Fsp3) is 0.524. The number of hydrogen-bond acceptors (Lipinski definition) is 8. The highest BCUT2D eigenvalue weighted by atomic mass is 32.2. The third kappa shape index (κ3) is 4.91. The quantitative estimate of drug-likeness (QED) is 0.487. The lowest BCUT2D eigenvalue weighted by Gasteiger charge is -2.33. The number of nitrogens with zero attached hydrogens (tertiary/aromatic N) is 2. The van der Waals surface area contributed by atoms with Crippen molar-refractivity contribution >= 4 is 49.6 Å². The molecule has 1 saturated heterocycles. The molecule has 2 aromatic heterocycles. The van der Waals surface area contributed by atoms with E-state index in [1.54, 1.807) is 17.5 Å². The van der Waals surface area contributed by atoms with Crippen LogP contribution in [0.4, 0.5) is 5.00 Å². The summed E-state index contributed by atoms with van der Waals surface area (Å²) >= 11 is 2.68. The van der Waals surface area contributed by atoms with Gasteiger partial charge in [0.25, 0.3) is 10.0 Å². The van der Waals surface area contributed by atoms with Gasteiger partial charge in [-0.25, -0.2) is 13.2 Å². The van der Waals surface area contributed by atoms with Gasteiger partial charge < -0.3 is 10.1 Å². The number of carbonyl (C=O) groups is 2. The zero-order valence-corrected chi connectivity index (χ0v) is 20.4. The summed E-state index contributed by atoms with van der Waals surface area (Å²) in [6.45, 7) is 1.78. The van der Waals surface area contributed by atoms with Gasteiger partial charge in [-0.15, -0.1) is 22.7 Å². The Morgan fingerprint density at radius 1 is 1.12 bits per heavy atom. The molecule has 1 aliphatic carbocycles. The van der Waals surface area contributed by atoms with Crippen LogP contribution in [-0.4, -0.2) is 69.3 Å². The van der Waals surface area contributed by atoms with Crippen LogP contribution in [-0.2, 0) is 32.4 Å². The van der Waals surface area contributed by atoms with Crippen molar-refractivity contribution in [3.05, 3.63) is 33.5 Å². The average molecular weight is 498 g/mol. The molecule has 0 aromatic carbocycles. The summed E-state index contributed by atoms with van der Waals surface area (Å²) < 4.78 is 32.1. The van der Waals surface area contributed by atoms with Crippen LogP contribution in [0.2, 0.25) is 0 Å². The summed E-state index contributed by atoms with van der Waals surface area (Å²) in [5, 5.41) is 5.23. The van der Waals surface area contributed by atoms with E-state index in [1.807, 2.05) is 4.90 Å². The molecule has 4 rings (SSSR count). The van der Waals surface area contributed by atoms with Crippen molar-refractivity contribution in [3.63, 3.8) is 0 Å². The molecule has 0 bridgehead atoms. The number of carbonyl (C=O) groups excluding carboxylic acids is 2. The van der Waals surface area contributed by atoms with E-state index in [2.05, 4.69) is 5.32 Å². The van der Waals surface area contributed by atoms with Gasteiger partial charge in [-0.3, -0.25) is 9.69 Å². The Morgan fingerprint density at radius 2 is 1.88 bits per heavy atom. The Morgan fingerprint density at radius 3 is 2.56 bits per heavy atom. The molecule has 0 radical (unpaired) electrons. The largest absolute Gasteiger partial charge is 0.465 e. The summed E-state index contributed by atoms with van der Waals surface area (Å²) in [6.07, 6.45) is 4.99. The van der Waals surface area contributed by atoms with E-state index in [0.717, 1.165) is 42.5 Å². The van der Waals surface area contributed by atoms with E-state index in [9.17, 15) is 18.0 Å². The number of thiophene rings is 2. The molecule has 1 aliphatic heterocycles. The first kappa shape index (κ1) is 23.4.